The van der Waals surface area contributed by atoms with Gasteiger partial charge in [-0.15, -0.1) is 0 Å². The highest BCUT2D eigenvalue weighted by Gasteiger charge is 2.43. The van der Waals surface area contributed by atoms with Crippen LogP contribution >= 0.6 is 0 Å². The summed E-state index contributed by atoms with van der Waals surface area (Å²) in [4.78, 5) is 4.17. The summed E-state index contributed by atoms with van der Waals surface area (Å²) in [6.45, 7) is 3.49. The Kier molecular flexibility index (Phi) is 6.00. The fourth-order valence-electron chi connectivity index (χ4n) is 3.94. The molecule has 0 unspecified atom stereocenters. The number of aromatic hydroxyl groups is 1. The van der Waals surface area contributed by atoms with Crippen molar-refractivity contribution in [2.45, 2.75) is 37.3 Å². The number of phenolic OH excluding ortho intramolecular Hbond substituents is 1. The normalized spacial score (nSPS) is 27.4. The average Bonchev–Trinajstić information content (AvgIpc) is 2.82. The molecule has 2 saturated heterocycles. The van der Waals surface area contributed by atoms with Crippen molar-refractivity contribution >= 4 is 0 Å². The van der Waals surface area contributed by atoms with Crippen molar-refractivity contribution in [1.82, 2.24) is 9.80 Å². The highest BCUT2D eigenvalue weighted by molar-refractivity contribution is 5.38. The Labute approximate surface area is 157 Å². The molecule has 0 bridgehead atoms. The van der Waals surface area contributed by atoms with Crippen LogP contribution in [0.1, 0.15) is 24.0 Å². The van der Waals surface area contributed by atoms with Gasteiger partial charge < -0.3 is 19.5 Å². The van der Waals surface area contributed by atoms with Crippen LogP contribution in [0.3, 0.4) is 0 Å². The Morgan fingerprint density at radius 3 is 2.81 bits per heavy atom. The molecule has 27 heavy (non-hydrogen) atoms. The minimum absolute atomic E-state index is 0.147. The van der Waals surface area contributed by atoms with Crippen molar-refractivity contribution in [2.24, 2.45) is 0 Å². The molecule has 2 atom stereocenters. The van der Waals surface area contributed by atoms with Crippen molar-refractivity contribution in [1.29, 1.82) is 0 Å². The van der Waals surface area contributed by atoms with E-state index in [1.54, 1.807) is 0 Å². The third-order valence-corrected chi connectivity index (χ3v) is 5.11. The number of phenols is 1. The number of halogens is 3. The smallest absolute Gasteiger partial charge is 0.419 e. The lowest BCUT2D eigenvalue weighted by Crippen LogP contribution is -2.45. The van der Waals surface area contributed by atoms with Gasteiger partial charge in [0.2, 0.25) is 0 Å². The molecule has 1 aromatic rings. The van der Waals surface area contributed by atoms with Crippen LogP contribution in [0.2, 0.25) is 0 Å². The van der Waals surface area contributed by atoms with Crippen molar-refractivity contribution in [3.05, 3.63) is 29.3 Å². The molecule has 152 valence electrons. The monoisotopic (exact) mass is 388 g/mol. The summed E-state index contributed by atoms with van der Waals surface area (Å²) in [5, 5.41) is 9.51. The first-order valence-electron chi connectivity index (χ1n) is 9.19. The maximum atomic E-state index is 13.0. The molecule has 2 aliphatic heterocycles. The zero-order valence-corrected chi connectivity index (χ0v) is 15.8. The van der Waals surface area contributed by atoms with E-state index in [2.05, 4.69) is 9.80 Å². The molecule has 1 N–H and O–H groups in total. The number of likely N-dealkylation sites (N-methyl/N-ethyl adjacent to an activating group) is 1. The molecule has 0 amide bonds. The third kappa shape index (κ3) is 5.13. The largest absolute Gasteiger partial charge is 0.507 e. The number of hydrogen-bond donors (Lipinski definition) is 1. The molecule has 3 rings (SSSR count). The predicted octanol–water partition coefficient (Wildman–Crippen LogP) is 2.72. The van der Waals surface area contributed by atoms with Gasteiger partial charge >= 0.3 is 6.18 Å². The third-order valence-electron chi connectivity index (χ3n) is 5.11. The Morgan fingerprint density at radius 1 is 1.33 bits per heavy atom. The van der Waals surface area contributed by atoms with Gasteiger partial charge in [0.05, 0.1) is 24.9 Å². The van der Waals surface area contributed by atoms with Crippen molar-refractivity contribution < 1.29 is 27.8 Å². The van der Waals surface area contributed by atoms with E-state index in [4.69, 9.17) is 9.47 Å². The van der Waals surface area contributed by atoms with Crippen LogP contribution in [-0.4, -0.2) is 73.6 Å². The summed E-state index contributed by atoms with van der Waals surface area (Å²) in [5.74, 6) is -0.743. The van der Waals surface area contributed by atoms with E-state index in [9.17, 15) is 18.3 Å². The number of ether oxygens (including phenoxy) is 2. The number of hydrogen-bond acceptors (Lipinski definition) is 5. The summed E-state index contributed by atoms with van der Waals surface area (Å²) in [6, 6.07) is 3.67. The standard InChI is InChI=1S/C19H27F3N2O3/c1-23(2)11-15-5-6-18(27-15)12-24(7-8-26-13-18)10-14-3-4-17(25)16(9-14)19(20,21)22/h3-4,9,15,25H,5-8,10-13H2,1-2H3/t15-,18+/m1/s1. The zero-order valence-electron chi connectivity index (χ0n) is 15.8. The second kappa shape index (κ2) is 7.95. The van der Waals surface area contributed by atoms with Gasteiger partial charge in [-0.25, -0.2) is 0 Å². The molecule has 0 aliphatic carbocycles. The lowest BCUT2D eigenvalue weighted by Gasteiger charge is -2.32. The van der Waals surface area contributed by atoms with Crippen LogP contribution in [0.25, 0.3) is 0 Å². The molecule has 0 aromatic heterocycles. The average molecular weight is 388 g/mol. The van der Waals surface area contributed by atoms with Gasteiger partial charge in [0.25, 0.3) is 0 Å². The molecule has 0 saturated carbocycles. The van der Waals surface area contributed by atoms with Crippen LogP contribution in [0, 0.1) is 0 Å². The molecule has 1 spiro atoms. The summed E-state index contributed by atoms with van der Waals surface area (Å²) in [7, 11) is 4.01. The van der Waals surface area contributed by atoms with Gasteiger partial charge in [-0.2, -0.15) is 13.2 Å². The van der Waals surface area contributed by atoms with Crippen LogP contribution < -0.4 is 0 Å². The van der Waals surface area contributed by atoms with Crippen LogP contribution in [-0.2, 0) is 22.2 Å². The second-order valence-corrected chi connectivity index (χ2v) is 7.84. The van der Waals surface area contributed by atoms with Gasteiger partial charge in [-0.1, -0.05) is 6.07 Å². The van der Waals surface area contributed by atoms with E-state index >= 15 is 0 Å². The molecular weight excluding hydrogens is 361 g/mol. The number of rotatable bonds is 4. The molecular formula is C19H27F3N2O3. The molecule has 2 fully saturated rings. The van der Waals surface area contributed by atoms with Gasteiger partial charge in [-0.3, -0.25) is 4.90 Å². The lowest BCUT2D eigenvalue weighted by atomic mass is 9.99. The Morgan fingerprint density at radius 2 is 2.11 bits per heavy atom. The van der Waals surface area contributed by atoms with Crippen LogP contribution in [0.15, 0.2) is 18.2 Å². The van der Waals surface area contributed by atoms with E-state index in [-0.39, 0.29) is 6.10 Å². The second-order valence-electron chi connectivity index (χ2n) is 7.84. The van der Waals surface area contributed by atoms with E-state index in [1.165, 1.54) is 6.07 Å². The van der Waals surface area contributed by atoms with E-state index in [0.29, 0.717) is 38.4 Å². The highest BCUT2D eigenvalue weighted by Crippen LogP contribution is 2.37. The number of nitrogens with zero attached hydrogens (tertiary/aromatic N) is 2. The SMILES string of the molecule is CN(C)C[C@H]1CC[C@]2(COCCN(Cc3ccc(O)c(C(F)(F)F)c3)C2)O1. The molecule has 0 radical (unpaired) electrons. The topological polar surface area (TPSA) is 45.2 Å². The molecule has 5 nitrogen and oxygen atoms in total. The summed E-state index contributed by atoms with van der Waals surface area (Å²) in [6.07, 6.45) is -2.59. The first-order valence-corrected chi connectivity index (χ1v) is 9.19. The fraction of sp³-hybridized carbons (Fsp3) is 0.684. The lowest BCUT2D eigenvalue weighted by molar-refractivity contribution is -0.138. The maximum Gasteiger partial charge on any atom is 0.419 e. The summed E-state index contributed by atoms with van der Waals surface area (Å²) >= 11 is 0. The Balaban J connectivity index is 1.70. The molecule has 2 aliphatic rings. The molecule has 8 heteroatoms. The molecule has 1 aromatic carbocycles. The van der Waals surface area contributed by atoms with E-state index in [0.717, 1.165) is 31.5 Å². The van der Waals surface area contributed by atoms with Crippen LogP contribution in [0.4, 0.5) is 13.2 Å². The van der Waals surface area contributed by atoms with Gasteiger partial charge in [0.15, 0.2) is 0 Å². The van der Waals surface area contributed by atoms with Gasteiger partial charge in [-0.05, 0) is 44.6 Å². The summed E-state index contributed by atoms with van der Waals surface area (Å²) in [5.41, 5.74) is -0.884. The van der Waals surface area contributed by atoms with Crippen molar-refractivity contribution in [2.75, 3.05) is 46.9 Å². The molecule has 2 heterocycles. The Bertz CT molecular complexity index is 654. The van der Waals surface area contributed by atoms with E-state index < -0.39 is 23.1 Å². The highest BCUT2D eigenvalue weighted by atomic mass is 19.4. The Hall–Kier alpha value is -1.35. The maximum absolute atomic E-state index is 13.0. The van der Waals surface area contributed by atoms with Crippen molar-refractivity contribution in [3.8, 4) is 5.75 Å². The number of alkyl halides is 3. The summed E-state index contributed by atoms with van der Waals surface area (Å²) < 4.78 is 51.2. The predicted molar refractivity (Wildman–Crippen MR) is 94.6 cm³/mol. The quantitative estimate of drug-likeness (QED) is 0.859. The van der Waals surface area contributed by atoms with Crippen LogP contribution in [0.5, 0.6) is 5.75 Å². The van der Waals surface area contributed by atoms with Crippen molar-refractivity contribution in [3.63, 3.8) is 0 Å². The minimum atomic E-state index is -4.57. The minimum Gasteiger partial charge on any atom is -0.507 e. The van der Waals surface area contributed by atoms with Gasteiger partial charge in [0, 0.05) is 26.2 Å². The fourth-order valence-corrected chi connectivity index (χ4v) is 3.94. The zero-order chi connectivity index (χ0) is 19.7. The van der Waals surface area contributed by atoms with Gasteiger partial charge in [0.1, 0.15) is 11.4 Å². The van der Waals surface area contributed by atoms with E-state index in [1.807, 2.05) is 14.1 Å². The first-order chi connectivity index (χ1) is 12.7. The first kappa shape index (κ1) is 20.4. The number of benzene rings is 1.